The van der Waals surface area contributed by atoms with Crippen molar-refractivity contribution < 1.29 is 14.3 Å². The number of hydrogen-bond donors (Lipinski definition) is 2. The first kappa shape index (κ1) is 18.4. The fraction of sp³-hybridized carbons (Fsp3) is 0.789. The second-order valence-corrected chi connectivity index (χ2v) is 7.41. The fourth-order valence-corrected chi connectivity index (χ4v) is 3.64. The molecule has 2 fully saturated rings. The summed E-state index contributed by atoms with van der Waals surface area (Å²) in [6.07, 6.45) is 9.43. The normalized spacial score (nSPS) is 22.8. The Kier molecular flexibility index (Phi) is 6.48. The number of allylic oxidation sites excluding steroid dienone is 1. The minimum atomic E-state index is -0.800. The zero-order valence-electron chi connectivity index (χ0n) is 15.1. The Hall–Kier alpha value is -1.40. The van der Waals surface area contributed by atoms with Crippen molar-refractivity contribution in [2.24, 2.45) is 5.41 Å². The molecule has 1 saturated heterocycles. The number of nitrogens with zero attached hydrogens (tertiary/aromatic N) is 1. The van der Waals surface area contributed by atoms with Gasteiger partial charge in [-0.15, -0.1) is 0 Å². The first-order valence-electron chi connectivity index (χ1n) is 9.75. The summed E-state index contributed by atoms with van der Waals surface area (Å²) in [6, 6.07) is 0. The van der Waals surface area contributed by atoms with Gasteiger partial charge in [-0.3, -0.25) is 14.5 Å². The van der Waals surface area contributed by atoms with Crippen molar-refractivity contribution >= 4 is 11.8 Å². The van der Waals surface area contributed by atoms with Crippen molar-refractivity contribution in [2.75, 3.05) is 45.9 Å². The highest BCUT2D eigenvalue weighted by Gasteiger charge is 2.56. The van der Waals surface area contributed by atoms with Crippen molar-refractivity contribution in [1.29, 1.82) is 0 Å². The molecule has 6 heteroatoms. The molecule has 3 rings (SSSR count). The molecule has 3 aliphatic rings. The number of carbonyl (C=O) groups is 2. The van der Waals surface area contributed by atoms with Crippen LogP contribution in [0.25, 0.3) is 0 Å². The van der Waals surface area contributed by atoms with Crippen molar-refractivity contribution in [3.63, 3.8) is 0 Å². The predicted molar refractivity (Wildman–Crippen MR) is 96.1 cm³/mol. The maximum atomic E-state index is 12.5. The van der Waals surface area contributed by atoms with Gasteiger partial charge in [-0.25, -0.2) is 0 Å². The molecule has 1 aliphatic heterocycles. The number of rotatable bonds is 8. The smallest absolute Gasteiger partial charge is 0.235 e. The van der Waals surface area contributed by atoms with E-state index < -0.39 is 5.41 Å². The highest BCUT2D eigenvalue weighted by molar-refractivity contribution is 6.07. The topological polar surface area (TPSA) is 70.7 Å². The van der Waals surface area contributed by atoms with Crippen LogP contribution in [0, 0.1) is 5.41 Å². The number of hydrogen-bond acceptors (Lipinski definition) is 4. The Balaban J connectivity index is 1.35. The van der Waals surface area contributed by atoms with Crippen molar-refractivity contribution in [3.05, 3.63) is 11.6 Å². The lowest BCUT2D eigenvalue weighted by Crippen LogP contribution is -2.46. The van der Waals surface area contributed by atoms with E-state index >= 15 is 0 Å². The summed E-state index contributed by atoms with van der Waals surface area (Å²) in [6.45, 7) is 5.41. The average molecular weight is 349 g/mol. The van der Waals surface area contributed by atoms with E-state index in [0.717, 1.165) is 45.7 Å². The summed E-state index contributed by atoms with van der Waals surface area (Å²) in [7, 11) is 0. The monoisotopic (exact) mass is 349 g/mol. The predicted octanol–water partition coefficient (Wildman–Crippen LogP) is 1.22. The van der Waals surface area contributed by atoms with Crippen LogP contribution >= 0.6 is 0 Å². The third kappa shape index (κ3) is 5.05. The third-order valence-electron chi connectivity index (χ3n) is 5.55. The molecular formula is C19H31N3O3. The van der Waals surface area contributed by atoms with Crippen LogP contribution in [0.15, 0.2) is 11.6 Å². The number of morpholine rings is 1. The lowest BCUT2D eigenvalue weighted by molar-refractivity contribution is -0.137. The van der Waals surface area contributed by atoms with Gasteiger partial charge in [-0.05, 0) is 44.9 Å². The Morgan fingerprint density at radius 3 is 2.44 bits per heavy atom. The molecule has 0 aromatic rings. The van der Waals surface area contributed by atoms with Crippen molar-refractivity contribution in [2.45, 2.75) is 44.9 Å². The quantitative estimate of drug-likeness (QED) is 0.511. The van der Waals surface area contributed by atoms with Crippen LogP contribution < -0.4 is 10.6 Å². The molecule has 0 atom stereocenters. The number of ether oxygens (including phenoxy) is 1. The maximum Gasteiger partial charge on any atom is 0.235 e. The molecule has 0 aromatic carbocycles. The summed E-state index contributed by atoms with van der Waals surface area (Å²) in [5, 5.41) is 5.95. The highest BCUT2D eigenvalue weighted by Crippen LogP contribution is 2.46. The van der Waals surface area contributed by atoms with E-state index in [9.17, 15) is 9.59 Å². The fourth-order valence-electron chi connectivity index (χ4n) is 3.64. The molecule has 1 saturated carbocycles. The van der Waals surface area contributed by atoms with Gasteiger partial charge in [0.25, 0.3) is 0 Å². The van der Waals surface area contributed by atoms with Crippen molar-refractivity contribution in [3.8, 4) is 0 Å². The van der Waals surface area contributed by atoms with Crippen molar-refractivity contribution in [1.82, 2.24) is 15.5 Å². The average Bonchev–Trinajstić information content (AvgIpc) is 3.45. The van der Waals surface area contributed by atoms with E-state index in [2.05, 4.69) is 21.6 Å². The van der Waals surface area contributed by atoms with Crippen LogP contribution in [0.5, 0.6) is 0 Å². The maximum absolute atomic E-state index is 12.5. The van der Waals surface area contributed by atoms with E-state index in [-0.39, 0.29) is 11.8 Å². The number of amides is 2. The summed E-state index contributed by atoms with van der Waals surface area (Å²) < 4.78 is 5.32. The minimum absolute atomic E-state index is 0.0900. The Bertz CT molecular complexity index is 508. The van der Waals surface area contributed by atoms with Crippen LogP contribution in [0.1, 0.15) is 44.9 Å². The Labute approximate surface area is 150 Å². The molecule has 1 heterocycles. The number of carbonyl (C=O) groups excluding carboxylic acids is 2. The van der Waals surface area contributed by atoms with Gasteiger partial charge in [0.2, 0.25) is 11.8 Å². The zero-order valence-corrected chi connectivity index (χ0v) is 15.1. The molecule has 140 valence electrons. The van der Waals surface area contributed by atoms with Gasteiger partial charge >= 0.3 is 0 Å². The number of nitrogens with one attached hydrogen (secondary N) is 2. The van der Waals surface area contributed by atoms with Gasteiger partial charge in [0.1, 0.15) is 5.41 Å². The van der Waals surface area contributed by atoms with Crippen LogP contribution in [0.2, 0.25) is 0 Å². The first-order chi connectivity index (χ1) is 12.2. The molecule has 0 bridgehead atoms. The Morgan fingerprint density at radius 2 is 1.80 bits per heavy atom. The van der Waals surface area contributed by atoms with Gasteiger partial charge in [-0.1, -0.05) is 11.6 Å². The largest absolute Gasteiger partial charge is 0.379 e. The molecule has 2 amide bonds. The van der Waals surface area contributed by atoms with Gasteiger partial charge in [0.15, 0.2) is 0 Å². The highest BCUT2D eigenvalue weighted by atomic mass is 16.5. The SMILES string of the molecule is O=C(NCCC1=CCCCC1)C1(C(=O)NCCN2CCOCC2)CC1. The zero-order chi connectivity index (χ0) is 17.5. The van der Waals surface area contributed by atoms with E-state index in [1.165, 1.54) is 24.8 Å². The van der Waals surface area contributed by atoms with E-state index in [1.54, 1.807) is 0 Å². The van der Waals surface area contributed by atoms with Crippen LogP contribution in [0.4, 0.5) is 0 Å². The summed E-state index contributed by atoms with van der Waals surface area (Å²) in [5.41, 5.74) is 0.651. The van der Waals surface area contributed by atoms with E-state index in [1.807, 2.05) is 0 Å². The lowest BCUT2D eigenvalue weighted by atomic mass is 9.97. The molecule has 2 N–H and O–H groups in total. The molecular weight excluding hydrogens is 318 g/mol. The first-order valence-corrected chi connectivity index (χ1v) is 9.75. The minimum Gasteiger partial charge on any atom is -0.379 e. The van der Waals surface area contributed by atoms with E-state index in [0.29, 0.717) is 25.9 Å². The van der Waals surface area contributed by atoms with Gasteiger partial charge in [-0.2, -0.15) is 0 Å². The summed E-state index contributed by atoms with van der Waals surface area (Å²) in [4.78, 5) is 27.2. The second kappa shape index (κ2) is 8.81. The summed E-state index contributed by atoms with van der Waals surface area (Å²) >= 11 is 0. The Morgan fingerprint density at radius 1 is 1.08 bits per heavy atom. The molecule has 0 radical (unpaired) electrons. The molecule has 25 heavy (non-hydrogen) atoms. The van der Waals surface area contributed by atoms with Crippen LogP contribution in [-0.2, 0) is 14.3 Å². The van der Waals surface area contributed by atoms with Crippen LogP contribution in [0.3, 0.4) is 0 Å². The third-order valence-corrected chi connectivity index (χ3v) is 5.55. The van der Waals surface area contributed by atoms with Crippen LogP contribution in [-0.4, -0.2) is 62.7 Å². The van der Waals surface area contributed by atoms with Gasteiger partial charge < -0.3 is 15.4 Å². The van der Waals surface area contributed by atoms with Gasteiger partial charge in [0, 0.05) is 32.7 Å². The molecule has 2 aliphatic carbocycles. The molecule has 0 unspecified atom stereocenters. The van der Waals surface area contributed by atoms with Gasteiger partial charge in [0.05, 0.1) is 13.2 Å². The lowest BCUT2D eigenvalue weighted by Gasteiger charge is -2.26. The molecule has 6 nitrogen and oxygen atoms in total. The van der Waals surface area contributed by atoms with E-state index in [4.69, 9.17) is 4.74 Å². The molecule has 0 aromatic heterocycles. The second-order valence-electron chi connectivity index (χ2n) is 7.41. The molecule has 0 spiro atoms. The standard InChI is InChI=1S/C19H31N3O3/c23-17(20-9-6-16-4-2-1-3-5-16)19(7-8-19)18(24)21-10-11-22-12-14-25-15-13-22/h4H,1-3,5-15H2,(H,20,23)(H,21,24). The summed E-state index contributed by atoms with van der Waals surface area (Å²) in [5.74, 6) is -0.192.